The number of nitrogens with zero attached hydrogens (tertiary/aromatic N) is 2. The van der Waals surface area contributed by atoms with Crippen LogP contribution in [0.5, 0.6) is 0 Å². The van der Waals surface area contributed by atoms with Gasteiger partial charge in [-0.05, 0) is 50.1 Å². The van der Waals surface area contributed by atoms with Crippen LogP contribution < -0.4 is 0 Å². The smallest absolute Gasteiger partial charge is 0.130 e. The lowest BCUT2D eigenvalue weighted by molar-refractivity contribution is 1.12. The predicted molar refractivity (Wildman–Crippen MR) is 40.3 cm³/mol. The lowest BCUT2D eigenvalue weighted by Crippen LogP contribution is -1.61. The maximum atomic E-state index is 3.69. The SMILES string of the molecule is Brc1nnsc1I. The molecule has 0 saturated carbocycles. The summed E-state index contributed by atoms with van der Waals surface area (Å²) in [5.41, 5.74) is 0. The second kappa shape index (κ2) is 2.36. The summed E-state index contributed by atoms with van der Waals surface area (Å²) >= 11 is 6.74. The average molecular weight is 291 g/mol. The van der Waals surface area contributed by atoms with Crippen molar-refractivity contribution in [3.8, 4) is 0 Å². The summed E-state index contributed by atoms with van der Waals surface area (Å²) in [7, 11) is 0. The van der Waals surface area contributed by atoms with Crippen molar-refractivity contribution in [2.45, 2.75) is 0 Å². The van der Waals surface area contributed by atoms with Crippen LogP contribution in [0.2, 0.25) is 0 Å². The third kappa shape index (κ3) is 1.33. The third-order valence-electron chi connectivity index (χ3n) is 0.412. The quantitative estimate of drug-likeness (QED) is 0.682. The Balaban J connectivity index is 3.12. The molecule has 0 N–H and O–H groups in total. The lowest BCUT2D eigenvalue weighted by atomic mass is 11.0. The molecule has 38 valence electrons. The Labute approximate surface area is 66.7 Å². The van der Waals surface area contributed by atoms with Crippen molar-refractivity contribution in [1.29, 1.82) is 0 Å². The van der Waals surface area contributed by atoms with E-state index in [1.54, 1.807) is 0 Å². The van der Waals surface area contributed by atoms with Crippen LogP contribution in [0.4, 0.5) is 0 Å². The summed E-state index contributed by atoms with van der Waals surface area (Å²) in [6.07, 6.45) is 0. The fourth-order valence-electron chi connectivity index (χ4n) is 0.169. The molecule has 5 heteroatoms. The van der Waals surface area contributed by atoms with Gasteiger partial charge >= 0.3 is 0 Å². The zero-order valence-electron chi connectivity index (χ0n) is 3.06. The number of rotatable bonds is 0. The minimum Gasteiger partial charge on any atom is -0.130 e. The van der Waals surface area contributed by atoms with Crippen molar-refractivity contribution >= 4 is 50.1 Å². The molecule has 7 heavy (non-hydrogen) atoms. The van der Waals surface area contributed by atoms with Crippen LogP contribution >= 0.6 is 50.1 Å². The number of hydrogen-bond acceptors (Lipinski definition) is 3. The van der Waals surface area contributed by atoms with E-state index < -0.39 is 0 Å². The zero-order chi connectivity index (χ0) is 5.28. The molecule has 0 aliphatic carbocycles. The highest BCUT2D eigenvalue weighted by Crippen LogP contribution is 2.17. The maximum absolute atomic E-state index is 3.69. The highest BCUT2D eigenvalue weighted by Gasteiger charge is 1.95. The first-order chi connectivity index (χ1) is 3.30. The van der Waals surface area contributed by atoms with Crippen LogP contribution in [0.25, 0.3) is 0 Å². The summed E-state index contributed by atoms with van der Waals surface area (Å²) in [6.45, 7) is 0. The molecule has 2 nitrogen and oxygen atoms in total. The van der Waals surface area contributed by atoms with Crippen molar-refractivity contribution in [3.63, 3.8) is 0 Å². The monoisotopic (exact) mass is 290 g/mol. The van der Waals surface area contributed by atoms with Gasteiger partial charge in [0.2, 0.25) is 0 Å². The number of aromatic nitrogens is 2. The van der Waals surface area contributed by atoms with E-state index in [9.17, 15) is 0 Å². The first kappa shape index (κ1) is 5.90. The molecule has 0 fully saturated rings. The molecule has 0 aromatic carbocycles. The van der Waals surface area contributed by atoms with E-state index in [-0.39, 0.29) is 0 Å². The molecular formula is C2BrIN2S. The van der Waals surface area contributed by atoms with Crippen LogP contribution in [0, 0.1) is 2.88 Å². The van der Waals surface area contributed by atoms with Crippen LogP contribution in [0.3, 0.4) is 0 Å². The zero-order valence-corrected chi connectivity index (χ0v) is 7.62. The largest absolute Gasteiger partial charge is 0.154 e. The third-order valence-corrected chi connectivity index (χ3v) is 3.59. The van der Waals surface area contributed by atoms with Gasteiger partial charge in [-0.25, -0.2) is 0 Å². The van der Waals surface area contributed by atoms with Gasteiger partial charge in [-0.15, -0.1) is 5.10 Å². The summed E-state index contributed by atoms with van der Waals surface area (Å²) in [6, 6.07) is 0. The van der Waals surface area contributed by atoms with Gasteiger partial charge in [-0.2, -0.15) is 0 Å². The summed E-state index contributed by atoms with van der Waals surface area (Å²) < 4.78 is 5.60. The number of hydrogen-bond donors (Lipinski definition) is 0. The van der Waals surface area contributed by atoms with Gasteiger partial charge in [0.15, 0.2) is 4.60 Å². The fourth-order valence-corrected chi connectivity index (χ4v) is 1.25. The van der Waals surface area contributed by atoms with Crippen molar-refractivity contribution in [2.75, 3.05) is 0 Å². The van der Waals surface area contributed by atoms with Gasteiger partial charge in [0.05, 0.1) is 0 Å². The van der Waals surface area contributed by atoms with Crippen molar-refractivity contribution in [2.24, 2.45) is 0 Å². The van der Waals surface area contributed by atoms with E-state index in [1.807, 2.05) is 0 Å². The summed E-state index contributed by atoms with van der Waals surface area (Å²) in [5.74, 6) is 0. The second-order valence-electron chi connectivity index (χ2n) is 0.837. The maximum Gasteiger partial charge on any atom is 0.154 e. The molecule has 0 bridgehead atoms. The lowest BCUT2D eigenvalue weighted by Gasteiger charge is -1.69. The summed E-state index contributed by atoms with van der Waals surface area (Å²) in [5, 5.41) is 3.69. The predicted octanol–water partition coefficient (Wildman–Crippen LogP) is 1.91. The topological polar surface area (TPSA) is 25.8 Å². The molecule has 0 unspecified atom stereocenters. The van der Waals surface area contributed by atoms with Crippen molar-refractivity contribution in [1.82, 2.24) is 9.59 Å². The minimum atomic E-state index is 0.845. The Hall–Kier alpha value is 0.770. The Morgan fingerprint density at radius 3 is 2.57 bits per heavy atom. The molecule has 1 rings (SSSR count). The average Bonchev–Trinajstić information content (AvgIpc) is 1.91. The molecule has 0 amide bonds. The van der Waals surface area contributed by atoms with Crippen LogP contribution in [-0.4, -0.2) is 9.59 Å². The highest BCUT2D eigenvalue weighted by atomic mass is 127. The van der Waals surface area contributed by atoms with Gasteiger partial charge in [0.25, 0.3) is 0 Å². The second-order valence-corrected chi connectivity index (χ2v) is 4.15. The van der Waals surface area contributed by atoms with E-state index in [1.165, 1.54) is 11.5 Å². The molecule has 0 spiro atoms. The molecule has 1 heterocycles. The van der Waals surface area contributed by atoms with Crippen LogP contribution in [0.1, 0.15) is 0 Å². The molecule has 0 aliphatic rings. The number of halogens is 2. The molecular weight excluding hydrogens is 291 g/mol. The molecule has 0 aliphatic heterocycles. The van der Waals surface area contributed by atoms with E-state index in [2.05, 4.69) is 48.1 Å². The summed E-state index contributed by atoms with van der Waals surface area (Å²) in [4.78, 5) is 0. The van der Waals surface area contributed by atoms with Gasteiger partial charge in [0, 0.05) is 0 Å². The Bertz CT molecular complexity index is 148. The van der Waals surface area contributed by atoms with Gasteiger partial charge in [-0.3, -0.25) is 0 Å². The van der Waals surface area contributed by atoms with Crippen LogP contribution in [-0.2, 0) is 0 Å². The van der Waals surface area contributed by atoms with Gasteiger partial charge in [-0.1, -0.05) is 4.49 Å². The van der Waals surface area contributed by atoms with Gasteiger partial charge in [0.1, 0.15) is 2.88 Å². The van der Waals surface area contributed by atoms with Crippen molar-refractivity contribution in [3.05, 3.63) is 7.49 Å². The van der Waals surface area contributed by atoms with E-state index in [0.717, 1.165) is 7.49 Å². The molecule has 1 aromatic heterocycles. The molecule has 0 radical (unpaired) electrons. The fraction of sp³-hybridized carbons (Fsp3) is 0. The van der Waals surface area contributed by atoms with Gasteiger partial charge < -0.3 is 0 Å². The van der Waals surface area contributed by atoms with E-state index in [0.29, 0.717) is 0 Å². The Kier molecular flexibility index (Phi) is 1.99. The normalized spacial score (nSPS) is 9.43. The first-order valence-electron chi connectivity index (χ1n) is 1.44. The standard InChI is InChI=1S/C2BrIN2S/c3-1-2(4)7-6-5-1. The molecule has 1 aromatic rings. The van der Waals surface area contributed by atoms with E-state index in [4.69, 9.17) is 0 Å². The Morgan fingerprint density at radius 2 is 2.43 bits per heavy atom. The molecule has 0 saturated heterocycles. The Morgan fingerprint density at radius 1 is 1.71 bits per heavy atom. The van der Waals surface area contributed by atoms with E-state index >= 15 is 0 Å². The molecule has 0 atom stereocenters. The van der Waals surface area contributed by atoms with Crippen LogP contribution in [0.15, 0.2) is 4.60 Å². The minimum absolute atomic E-state index is 0.845. The van der Waals surface area contributed by atoms with Crippen molar-refractivity contribution < 1.29 is 0 Å². The highest BCUT2D eigenvalue weighted by molar-refractivity contribution is 14.1. The first-order valence-corrected chi connectivity index (χ1v) is 4.08.